The maximum Gasteiger partial charge on any atom is 1.00 e. The third-order valence-corrected chi connectivity index (χ3v) is 1.62. The molecule has 1 rings (SSSR count). The maximum atomic E-state index is 10.2. The van der Waals surface area contributed by atoms with Crippen LogP contribution < -0.4 is 18.9 Å². The largest absolute Gasteiger partial charge is 1.00 e. The van der Waals surface area contributed by atoms with E-state index in [0.29, 0.717) is 0 Å². The number of nitrogens with zero attached hydrogens (tertiary/aromatic N) is 2. The van der Waals surface area contributed by atoms with Crippen LogP contribution in [0.15, 0.2) is 17.6 Å². The van der Waals surface area contributed by atoms with Crippen molar-refractivity contribution < 1.29 is 27.6 Å². The van der Waals surface area contributed by atoms with Crippen LogP contribution in [0, 0.1) is 0 Å². The molecule has 50 valence electrons. The van der Waals surface area contributed by atoms with Crippen LogP contribution in [-0.4, -0.2) is 18.3 Å². The molecule has 0 saturated heterocycles. The summed E-state index contributed by atoms with van der Waals surface area (Å²) < 4.78 is 21.8. The first-order valence-corrected chi connectivity index (χ1v) is 3.36. The molecular weight excluding hydrogens is 147 g/mol. The van der Waals surface area contributed by atoms with Crippen LogP contribution in [0.5, 0.6) is 0 Å². The fourth-order valence-corrected chi connectivity index (χ4v) is 0.955. The van der Waals surface area contributed by atoms with E-state index >= 15 is 0 Å². The minimum atomic E-state index is -2.21. The molecule has 1 atom stereocenters. The predicted molar refractivity (Wildman–Crippen MR) is 30.4 cm³/mol. The molecule has 0 saturated carbocycles. The Hall–Kier alpha value is -0.0826. The quantitative estimate of drug-likeness (QED) is 0.312. The van der Waals surface area contributed by atoms with E-state index in [4.69, 9.17) is 0 Å². The van der Waals surface area contributed by atoms with E-state index in [1.807, 2.05) is 0 Å². The van der Waals surface area contributed by atoms with Crippen LogP contribution in [0.1, 0.15) is 0 Å². The zero-order chi connectivity index (χ0) is 6.85. The van der Waals surface area contributed by atoms with Crippen LogP contribution in [0.4, 0.5) is 0 Å². The van der Waals surface area contributed by atoms with Gasteiger partial charge >= 0.3 is 18.9 Å². The van der Waals surface area contributed by atoms with Gasteiger partial charge in [-0.3, -0.25) is 4.21 Å². The Labute approximate surface area is 73.1 Å². The van der Waals surface area contributed by atoms with Crippen LogP contribution in [0.25, 0.3) is 0 Å². The number of aromatic nitrogens is 2. The molecule has 0 aliphatic carbocycles. The number of imidazole rings is 1. The molecule has 1 aromatic heterocycles. The molecule has 1 aromatic rings. The van der Waals surface area contributed by atoms with Gasteiger partial charge in [-0.05, 0) is 0 Å². The van der Waals surface area contributed by atoms with E-state index in [0.717, 1.165) is 0 Å². The summed E-state index contributed by atoms with van der Waals surface area (Å²) in [5.74, 6) is 0. The summed E-state index contributed by atoms with van der Waals surface area (Å²) in [5, 5.41) is 0.0648. The number of rotatable bonds is 1. The smallest absolute Gasteiger partial charge is 0.766 e. The van der Waals surface area contributed by atoms with Crippen LogP contribution in [0.3, 0.4) is 0 Å². The average molecular weight is 152 g/mol. The van der Waals surface area contributed by atoms with Gasteiger partial charge in [0.15, 0.2) is 5.16 Å². The zero-order valence-electron chi connectivity index (χ0n) is 5.77. The standard InChI is InChI=1S/C4H6N2O2S.Li/c1-6-3-2-5-4(6)9(7)8;/h2-3H,1H3,(H,7,8);/q;+1/p-1. The molecule has 1 heterocycles. The van der Waals surface area contributed by atoms with Gasteiger partial charge in [-0.1, -0.05) is 0 Å². The molecule has 0 aliphatic heterocycles. The second-order valence-corrected chi connectivity index (χ2v) is 2.39. The molecule has 0 bridgehead atoms. The van der Waals surface area contributed by atoms with Crippen molar-refractivity contribution in [1.82, 2.24) is 9.55 Å². The van der Waals surface area contributed by atoms with Crippen LogP contribution in [-0.2, 0) is 18.1 Å². The topological polar surface area (TPSA) is 58.0 Å². The molecule has 0 N–H and O–H groups in total. The van der Waals surface area contributed by atoms with Gasteiger partial charge in [0, 0.05) is 30.5 Å². The Morgan fingerprint density at radius 1 is 1.80 bits per heavy atom. The molecular formula is C4H5LiN2O2S. The Kier molecular flexibility index (Phi) is 3.90. The van der Waals surface area contributed by atoms with Gasteiger partial charge in [0.25, 0.3) is 0 Å². The predicted octanol–water partition coefficient (Wildman–Crippen LogP) is -3.34. The summed E-state index contributed by atoms with van der Waals surface area (Å²) in [6, 6.07) is 0. The van der Waals surface area contributed by atoms with E-state index in [9.17, 15) is 8.76 Å². The van der Waals surface area contributed by atoms with Crippen LogP contribution >= 0.6 is 0 Å². The van der Waals surface area contributed by atoms with E-state index in [1.54, 1.807) is 13.2 Å². The molecule has 0 fully saturated rings. The minimum Gasteiger partial charge on any atom is -0.766 e. The van der Waals surface area contributed by atoms with Crippen molar-refractivity contribution in [1.29, 1.82) is 0 Å². The first-order chi connectivity index (χ1) is 4.22. The first kappa shape index (κ1) is 9.92. The van der Waals surface area contributed by atoms with Gasteiger partial charge in [-0.15, -0.1) is 0 Å². The molecule has 0 radical (unpaired) electrons. The number of hydrogen-bond acceptors (Lipinski definition) is 3. The zero-order valence-corrected chi connectivity index (χ0v) is 6.59. The normalized spacial score (nSPS) is 12.2. The molecule has 6 heteroatoms. The van der Waals surface area contributed by atoms with E-state index in [-0.39, 0.29) is 24.0 Å². The van der Waals surface area contributed by atoms with Crippen molar-refractivity contribution in [3.05, 3.63) is 12.4 Å². The third-order valence-electron chi connectivity index (χ3n) is 0.926. The second kappa shape index (κ2) is 3.94. The maximum absolute atomic E-state index is 10.2. The molecule has 10 heavy (non-hydrogen) atoms. The van der Waals surface area contributed by atoms with Gasteiger partial charge in [0.2, 0.25) is 0 Å². The van der Waals surface area contributed by atoms with Gasteiger partial charge < -0.3 is 9.12 Å². The van der Waals surface area contributed by atoms with E-state index in [1.165, 1.54) is 10.8 Å². The van der Waals surface area contributed by atoms with E-state index in [2.05, 4.69) is 4.98 Å². The monoisotopic (exact) mass is 152 g/mol. The van der Waals surface area contributed by atoms with Gasteiger partial charge in [0.05, 0.1) is 0 Å². The van der Waals surface area contributed by atoms with Gasteiger partial charge in [-0.25, -0.2) is 4.98 Å². The summed E-state index contributed by atoms with van der Waals surface area (Å²) in [6.07, 6.45) is 3.01. The Morgan fingerprint density at radius 2 is 2.40 bits per heavy atom. The number of hydrogen-bond donors (Lipinski definition) is 0. The minimum absolute atomic E-state index is 0. The molecule has 0 aromatic carbocycles. The first-order valence-electron chi connectivity index (χ1n) is 2.28. The van der Waals surface area contributed by atoms with Crippen molar-refractivity contribution in [2.24, 2.45) is 7.05 Å². The van der Waals surface area contributed by atoms with Gasteiger partial charge in [0.1, 0.15) is 0 Å². The van der Waals surface area contributed by atoms with Gasteiger partial charge in [-0.2, -0.15) is 0 Å². The Balaban J connectivity index is 0.000000810. The summed E-state index contributed by atoms with van der Waals surface area (Å²) in [4.78, 5) is 3.57. The molecule has 0 amide bonds. The number of aryl methyl sites for hydroxylation is 1. The van der Waals surface area contributed by atoms with Crippen molar-refractivity contribution >= 4 is 11.1 Å². The van der Waals surface area contributed by atoms with Crippen molar-refractivity contribution in [3.63, 3.8) is 0 Å². The molecule has 0 aliphatic rings. The van der Waals surface area contributed by atoms with Crippen molar-refractivity contribution in [2.45, 2.75) is 5.16 Å². The summed E-state index contributed by atoms with van der Waals surface area (Å²) in [6.45, 7) is 0. The van der Waals surface area contributed by atoms with E-state index < -0.39 is 11.1 Å². The average Bonchev–Trinajstić information content (AvgIpc) is 2.13. The van der Waals surface area contributed by atoms with Crippen molar-refractivity contribution in [3.8, 4) is 0 Å². The van der Waals surface area contributed by atoms with Crippen LogP contribution in [0.2, 0.25) is 0 Å². The Morgan fingerprint density at radius 3 is 2.60 bits per heavy atom. The fraction of sp³-hybridized carbons (Fsp3) is 0.250. The summed E-state index contributed by atoms with van der Waals surface area (Å²) >= 11 is -2.21. The SMILES string of the molecule is Cn1ccnc1S(=O)[O-].[Li+]. The summed E-state index contributed by atoms with van der Waals surface area (Å²) in [5.41, 5.74) is 0. The third kappa shape index (κ3) is 1.96. The summed E-state index contributed by atoms with van der Waals surface area (Å²) in [7, 11) is 1.62. The Bertz CT molecular complexity index is 237. The molecule has 4 nitrogen and oxygen atoms in total. The second-order valence-electron chi connectivity index (χ2n) is 1.56. The molecule has 1 unspecified atom stereocenters. The molecule has 0 spiro atoms. The fourth-order valence-electron chi connectivity index (χ4n) is 0.513. The van der Waals surface area contributed by atoms with Crippen molar-refractivity contribution in [2.75, 3.05) is 0 Å².